The van der Waals surface area contributed by atoms with Gasteiger partial charge in [0.15, 0.2) is 0 Å². The first-order chi connectivity index (χ1) is 8.08. The molecule has 1 aromatic carbocycles. The predicted octanol–water partition coefficient (Wildman–Crippen LogP) is 3.01. The van der Waals surface area contributed by atoms with Crippen molar-refractivity contribution in [2.75, 3.05) is 6.54 Å². The molecule has 94 valence electrons. The van der Waals surface area contributed by atoms with E-state index >= 15 is 0 Å². The number of halogens is 2. The van der Waals surface area contributed by atoms with Gasteiger partial charge in [-0.05, 0) is 43.5 Å². The summed E-state index contributed by atoms with van der Waals surface area (Å²) in [4.78, 5) is 0. The first-order valence-electron chi connectivity index (χ1n) is 5.94. The molecule has 0 bridgehead atoms. The van der Waals surface area contributed by atoms with E-state index in [1.807, 2.05) is 0 Å². The highest BCUT2D eigenvalue weighted by Crippen LogP contribution is 2.29. The Morgan fingerprint density at radius 3 is 3.00 bits per heavy atom. The van der Waals surface area contributed by atoms with E-state index in [2.05, 4.69) is 28.2 Å². The van der Waals surface area contributed by atoms with Crippen molar-refractivity contribution in [1.29, 1.82) is 0 Å². The van der Waals surface area contributed by atoms with E-state index in [1.165, 1.54) is 6.07 Å². The minimum absolute atomic E-state index is 0.0532. The first-order valence-corrected chi connectivity index (χ1v) is 6.73. The molecule has 0 spiro atoms. The van der Waals surface area contributed by atoms with Crippen LogP contribution in [-0.4, -0.2) is 17.7 Å². The van der Waals surface area contributed by atoms with Gasteiger partial charge in [0.05, 0.1) is 6.10 Å². The molecule has 3 unspecified atom stereocenters. The number of nitrogens with one attached hydrogen (secondary N) is 1. The number of aliphatic hydroxyl groups excluding tert-OH is 1. The Kier molecular flexibility index (Phi) is 4.17. The third-order valence-electron chi connectivity index (χ3n) is 3.36. The van der Waals surface area contributed by atoms with Crippen LogP contribution in [0.5, 0.6) is 0 Å². The standard InChI is InChI=1S/C13H17BrFNO/c1-8-4-5-16-12(6-8)13(17)10-7-9(14)2-3-11(10)15/h2-3,7-8,12-13,16-17H,4-6H2,1H3. The van der Waals surface area contributed by atoms with Gasteiger partial charge in [0.25, 0.3) is 0 Å². The van der Waals surface area contributed by atoms with Gasteiger partial charge in [-0.25, -0.2) is 4.39 Å². The summed E-state index contributed by atoms with van der Waals surface area (Å²) in [6.45, 7) is 3.05. The molecule has 2 nitrogen and oxygen atoms in total. The molecule has 3 atom stereocenters. The molecule has 0 aliphatic carbocycles. The van der Waals surface area contributed by atoms with E-state index in [1.54, 1.807) is 12.1 Å². The lowest BCUT2D eigenvalue weighted by Crippen LogP contribution is -2.41. The fourth-order valence-electron chi connectivity index (χ4n) is 2.35. The van der Waals surface area contributed by atoms with Gasteiger partial charge in [-0.1, -0.05) is 22.9 Å². The molecule has 1 aliphatic rings. The molecule has 0 aromatic heterocycles. The average molecular weight is 302 g/mol. The second kappa shape index (κ2) is 5.46. The van der Waals surface area contributed by atoms with Crippen LogP contribution in [0.3, 0.4) is 0 Å². The van der Waals surface area contributed by atoms with Crippen molar-refractivity contribution < 1.29 is 9.50 Å². The lowest BCUT2D eigenvalue weighted by atomic mass is 9.88. The highest BCUT2D eigenvalue weighted by molar-refractivity contribution is 9.10. The number of benzene rings is 1. The van der Waals surface area contributed by atoms with Gasteiger partial charge in [-0.15, -0.1) is 0 Å². The lowest BCUT2D eigenvalue weighted by molar-refractivity contribution is 0.0981. The van der Waals surface area contributed by atoms with Gasteiger partial charge < -0.3 is 10.4 Å². The van der Waals surface area contributed by atoms with Gasteiger partial charge in [0, 0.05) is 16.1 Å². The molecule has 17 heavy (non-hydrogen) atoms. The van der Waals surface area contributed by atoms with Crippen LogP contribution in [0.25, 0.3) is 0 Å². The van der Waals surface area contributed by atoms with Crippen molar-refractivity contribution in [2.45, 2.75) is 31.9 Å². The topological polar surface area (TPSA) is 32.3 Å². The predicted molar refractivity (Wildman–Crippen MR) is 69.2 cm³/mol. The molecule has 2 rings (SSSR count). The van der Waals surface area contributed by atoms with E-state index in [9.17, 15) is 9.50 Å². The summed E-state index contributed by atoms with van der Waals surface area (Å²) in [5, 5.41) is 13.5. The summed E-state index contributed by atoms with van der Waals surface area (Å²) in [6, 6.07) is 4.63. The first kappa shape index (κ1) is 13.0. The molecule has 1 aromatic rings. The number of rotatable bonds is 2. The smallest absolute Gasteiger partial charge is 0.129 e. The number of hydrogen-bond donors (Lipinski definition) is 2. The monoisotopic (exact) mass is 301 g/mol. The van der Waals surface area contributed by atoms with Crippen molar-refractivity contribution in [1.82, 2.24) is 5.32 Å². The van der Waals surface area contributed by atoms with Gasteiger partial charge >= 0.3 is 0 Å². The lowest BCUT2D eigenvalue weighted by Gasteiger charge is -2.32. The molecule has 1 heterocycles. The Balaban J connectivity index is 2.18. The van der Waals surface area contributed by atoms with Gasteiger partial charge in [-0.2, -0.15) is 0 Å². The molecule has 1 aliphatic heterocycles. The number of aliphatic hydroxyl groups is 1. The van der Waals surface area contributed by atoms with Crippen LogP contribution in [0.1, 0.15) is 31.4 Å². The Labute approximate surface area is 109 Å². The molecule has 1 saturated heterocycles. The maximum atomic E-state index is 13.7. The van der Waals surface area contributed by atoms with Gasteiger partial charge in [0.2, 0.25) is 0 Å². The number of piperidine rings is 1. The van der Waals surface area contributed by atoms with Crippen LogP contribution in [0.15, 0.2) is 22.7 Å². The van der Waals surface area contributed by atoms with Crippen LogP contribution in [0, 0.1) is 11.7 Å². The Morgan fingerprint density at radius 1 is 1.53 bits per heavy atom. The van der Waals surface area contributed by atoms with Gasteiger partial charge in [0.1, 0.15) is 5.82 Å². The highest BCUT2D eigenvalue weighted by atomic mass is 79.9. The SMILES string of the molecule is CC1CCNC(C(O)c2cc(Br)ccc2F)C1. The quantitative estimate of drug-likeness (QED) is 0.880. The molecule has 0 radical (unpaired) electrons. The van der Waals surface area contributed by atoms with E-state index in [0.29, 0.717) is 11.5 Å². The molecule has 2 N–H and O–H groups in total. The van der Waals surface area contributed by atoms with Crippen molar-refractivity contribution in [3.05, 3.63) is 34.1 Å². The second-order valence-electron chi connectivity index (χ2n) is 4.80. The highest BCUT2D eigenvalue weighted by Gasteiger charge is 2.27. The maximum Gasteiger partial charge on any atom is 0.129 e. The third kappa shape index (κ3) is 3.06. The van der Waals surface area contributed by atoms with Crippen molar-refractivity contribution in [3.8, 4) is 0 Å². The minimum Gasteiger partial charge on any atom is -0.387 e. The number of hydrogen-bond acceptors (Lipinski definition) is 2. The Bertz CT molecular complexity index is 399. The molecule has 1 fully saturated rings. The summed E-state index contributed by atoms with van der Waals surface area (Å²) >= 11 is 3.30. The molecular weight excluding hydrogens is 285 g/mol. The zero-order valence-corrected chi connectivity index (χ0v) is 11.4. The van der Waals surface area contributed by atoms with E-state index in [0.717, 1.165) is 23.9 Å². The fraction of sp³-hybridized carbons (Fsp3) is 0.538. The zero-order valence-electron chi connectivity index (χ0n) is 9.79. The van der Waals surface area contributed by atoms with E-state index in [4.69, 9.17) is 0 Å². The Morgan fingerprint density at radius 2 is 2.29 bits per heavy atom. The largest absolute Gasteiger partial charge is 0.387 e. The molecule has 4 heteroatoms. The maximum absolute atomic E-state index is 13.7. The van der Waals surface area contributed by atoms with Gasteiger partial charge in [-0.3, -0.25) is 0 Å². The average Bonchev–Trinajstić information content (AvgIpc) is 2.31. The van der Waals surface area contributed by atoms with Crippen LogP contribution in [0.2, 0.25) is 0 Å². The molecule has 0 amide bonds. The van der Waals surface area contributed by atoms with Crippen LogP contribution >= 0.6 is 15.9 Å². The van der Waals surface area contributed by atoms with Crippen molar-refractivity contribution >= 4 is 15.9 Å². The summed E-state index contributed by atoms with van der Waals surface area (Å²) in [7, 11) is 0. The van der Waals surface area contributed by atoms with Crippen molar-refractivity contribution in [2.24, 2.45) is 5.92 Å². The summed E-state index contributed by atoms with van der Waals surface area (Å²) in [5.74, 6) is 0.229. The molecular formula is C13H17BrFNO. The van der Waals surface area contributed by atoms with E-state index in [-0.39, 0.29) is 11.9 Å². The van der Waals surface area contributed by atoms with Crippen LogP contribution in [0.4, 0.5) is 4.39 Å². The fourth-order valence-corrected chi connectivity index (χ4v) is 2.73. The minimum atomic E-state index is -0.782. The molecule has 0 saturated carbocycles. The van der Waals surface area contributed by atoms with Crippen LogP contribution in [-0.2, 0) is 0 Å². The zero-order chi connectivity index (χ0) is 12.4. The normalized spacial score (nSPS) is 26.8. The van der Waals surface area contributed by atoms with E-state index < -0.39 is 6.10 Å². The second-order valence-corrected chi connectivity index (χ2v) is 5.72. The summed E-state index contributed by atoms with van der Waals surface area (Å²) in [5.41, 5.74) is 0.367. The Hall–Kier alpha value is -0.450. The van der Waals surface area contributed by atoms with Crippen LogP contribution < -0.4 is 5.32 Å². The summed E-state index contributed by atoms with van der Waals surface area (Å²) in [6.07, 6.45) is 1.22. The van der Waals surface area contributed by atoms with Crippen molar-refractivity contribution in [3.63, 3.8) is 0 Å². The summed E-state index contributed by atoms with van der Waals surface area (Å²) < 4.78 is 14.5. The third-order valence-corrected chi connectivity index (χ3v) is 3.85.